The van der Waals surface area contributed by atoms with E-state index in [0.29, 0.717) is 30.5 Å². The molecule has 1 aromatic heterocycles. The molecule has 0 saturated carbocycles. The topological polar surface area (TPSA) is 60.6 Å². The average Bonchev–Trinajstić information content (AvgIpc) is 2.80. The van der Waals surface area contributed by atoms with E-state index in [1.165, 1.54) is 0 Å². The highest BCUT2D eigenvalue weighted by molar-refractivity contribution is 6.32. The summed E-state index contributed by atoms with van der Waals surface area (Å²) in [6, 6.07) is 2.04. The number of halogens is 1. The summed E-state index contributed by atoms with van der Waals surface area (Å²) in [5.41, 5.74) is 6.36. The lowest BCUT2D eigenvalue weighted by Crippen LogP contribution is -2.51. The zero-order valence-electron chi connectivity index (χ0n) is 9.30. The van der Waals surface area contributed by atoms with Crippen molar-refractivity contribution in [2.75, 3.05) is 37.0 Å². The first-order valence-electron chi connectivity index (χ1n) is 5.63. The Hall–Kier alpha value is -1.04. The highest BCUT2D eigenvalue weighted by atomic mass is 35.5. The molecule has 3 rings (SSSR count). The predicted octanol–water partition coefficient (Wildman–Crippen LogP) is 0.921. The summed E-state index contributed by atoms with van der Waals surface area (Å²) in [5, 5.41) is 0.487. The van der Waals surface area contributed by atoms with E-state index < -0.39 is 0 Å². The number of aromatic nitrogens is 1. The van der Waals surface area contributed by atoms with E-state index in [-0.39, 0.29) is 12.1 Å². The third-order valence-corrected chi connectivity index (χ3v) is 3.54. The monoisotopic (exact) mass is 255 g/mol. The fourth-order valence-corrected chi connectivity index (χ4v) is 2.43. The van der Waals surface area contributed by atoms with Crippen molar-refractivity contribution < 1.29 is 9.47 Å². The quantitative estimate of drug-likeness (QED) is 0.809. The third kappa shape index (κ3) is 1.94. The number of anilines is 2. The van der Waals surface area contributed by atoms with E-state index in [1.807, 2.05) is 6.07 Å². The Kier molecular flexibility index (Phi) is 2.82. The van der Waals surface area contributed by atoms with Gasteiger partial charge < -0.3 is 20.1 Å². The van der Waals surface area contributed by atoms with Crippen molar-refractivity contribution in [3.05, 3.63) is 17.3 Å². The molecule has 5 nitrogen and oxygen atoms in total. The highest BCUT2D eigenvalue weighted by Gasteiger charge is 2.37. The van der Waals surface area contributed by atoms with E-state index in [0.717, 1.165) is 12.4 Å². The Bertz CT molecular complexity index is 429. The van der Waals surface area contributed by atoms with E-state index in [1.54, 1.807) is 6.20 Å². The third-order valence-electron chi connectivity index (χ3n) is 3.23. The number of hydrogen-bond acceptors (Lipinski definition) is 5. The lowest BCUT2D eigenvalue weighted by atomic mass is 10.1. The van der Waals surface area contributed by atoms with Gasteiger partial charge in [0.1, 0.15) is 11.9 Å². The Morgan fingerprint density at radius 3 is 3.18 bits per heavy atom. The van der Waals surface area contributed by atoms with Crippen molar-refractivity contribution in [1.82, 2.24) is 4.98 Å². The minimum atomic E-state index is 0.141. The first-order valence-corrected chi connectivity index (χ1v) is 6.00. The number of pyridine rings is 1. The van der Waals surface area contributed by atoms with Crippen LogP contribution in [0.4, 0.5) is 11.5 Å². The standard InChI is InChI=1S/C11H14ClN3O2/c12-7-4-14-11(3-8(7)13)15-1-2-17-10-6-16-5-9(10)15/h3-4,9-10H,1-2,5-6H2,(H2,13,14). The maximum atomic E-state index is 5.88. The van der Waals surface area contributed by atoms with Crippen LogP contribution in [0.1, 0.15) is 0 Å². The Morgan fingerprint density at radius 1 is 1.47 bits per heavy atom. The van der Waals surface area contributed by atoms with E-state index in [2.05, 4.69) is 9.88 Å². The Morgan fingerprint density at radius 2 is 2.35 bits per heavy atom. The van der Waals surface area contributed by atoms with Gasteiger partial charge in [-0.2, -0.15) is 0 Å². The van der Waals surface area contributed by atoms with Gasteiger partial charge in [-0.05, 0) is 0 Å². The highest BCUT2D eigenvalue weighted by Crippen LogP contribution is 2.28. The number of nitrogens with zero attached hydrogens (tertiary/aromatic N) is 2. The number of nitrogen functional groups attached to an aromatic ring is 1. The van der Waals surface area contributed by atoms with Gasteiger partial charge in [0.25, 0.3) is 0 Å². The molecule has 3 heterocycles. The SMILES string of the molecule is Nc1cc(N2CCOC3COCC32)ncc1Cl. The number of nitrogens with two attached hydrogens (primary N) is 1. The number of fused-ring (bicyclic) bond motifs is 1. The predicted molar refractivity (Wildman–Crippen MR) is 65.4 cm³/mol. The summed E-state index contributed by atoms with van der Waals surface area (Å²) < 4.78 is 11.1. The zero-order chi connectivity index (χ0) is 11.8. The van der Waals surface area contributed by atoms with Crippen LogP contribution in [-0.4, -0.2) is 43.5 Å². The van der Waals surface area contributed by atoms with Crippen LogP contribution in [0.5, 0.6) is 0 Å². The molecule has 2 atom stereocenters. The van der Waals surface area contributed by atoms with Crippen molar-refractivity contribution in [3.63, 3.8) is 0 Å². The Labute approximate surface area is 104 Å². The largest absolute Gasteiger partial charge is 0.397 e. The molecule has 2 aliphatic rings. The summed E-state index contributed by atoms with van der Waals surface area (Å²) in [5.74, 6) is 0.843. The van der Waals surface area contributed by atoms with Gasteiger partial charge in [-0.15, -0.1) is 0 Å². The summed E-state index contributed by atoms with van der Waals surface area (Å²) in [6.07, 6.45) is 1.73. The smallest absolute Gasteiger partial charge is 0.131 e. The molecule has 0 aliphatic carbocycles. The van der Waals surface area contributed by atoms with Gasteiger partial charge in [-0.25, -0.2) is 4.98 Å². The van der Waals surface area contributed by atoms with Gasteiger partial charge in [0.2, 0.25) is 0 Å². The molecular formula is C11H14ClN3O2. The number of rotatable bonds is 1. The van der Waals surface area contributed by atoms with Crippen LogP contribution < -0.4 is 10.6 Å². The Balaban J connectivity index is 1.89. The van der Waals surface area contributed by atoms with Crippen LogP contribution in [0.15, 0.2) is 12.3 Å². The first kappa shape index (κ1) is 11.1. The molecule has 17 heavy (non-hydrogen) atoms. The molecule has 2 saturated heterocycles. The first-order chi connectivity index (χ1) is 8.25. The molecule has 2 N–H and O–H groups in total. The minimum absolute atomic E-state index is 0.141. The molecule has 1 aromatic rings. The van der Waals surface area contributed by atoms with Gasteiger partial charge in [-0.3, -0.25) is 0 Å². The molecular weight excluding hydrogens is 242 g/mol. The normalized spacial score (nSPS) is 28.2. The average molecular weight is 256 g/mol. The fraction of sp³-hybridized carbons (Fsp3) is 0.545. The minimum Gasteiger partial charge on any atom is -0.397 e. The van der Waals surface area contributed by atoms with Gasteiger partial charge in [0, 0.05) is 18.8 Å². The van der Waals surface area contributed by atoms with Gasteiger partial charge in [0.15, 0.2) is 0 Å². The molecule has 0 aromatic carbocycles. The van der Waals surface area contributed by atoms with Crippen LogP contribution >= 0.6 is 11.6 Å². The van der Waals surface area contributed by atoms with Crippen LogP contribution in [0.3, 0.4) is 0 Å². The molecule has 92 valence electrons. The van der Waals surface area contributed by atoms with Gasteiger partial charge in [-0.1, -0.05) is 11.6 Å². The summed E-state index contributed by atoms with van der Waals surface area (Å²) in [4.78, 5) is 6.51. The maximum absolute atomic E-state index is 5.88. The second kappa shape index (κ2) is 4.33. The molecule has 6 heteroatoms. The molecule has 0 spiro atoms. The van der Waals surface area contributed by atoms with Crippen molar-refractivity contribution in [3.8, 4) is 0 Å². The second-order valence-corrected chi connectivity index (χ2v) is 4.68. The van der Waals surface area contributed by atoms with Crippen molar-refractivity contribution in [1.29, 1.82) is 0 Å². The number of morpholine rings is 1. The number of ether oxygens (including phenoxy) is 2. The van der Waals surface area contributed by atoms with E-state index in [9.17, 15) is 0 Å². The molecule has 0 bridgehead atoms. The lowest BCUT2D eigenvalue weighted by Gasteiger charge is -2.37. The van der Waals surface area contributed by atoms with Crippen LogP contribution in [0, 0.1) is 0 Å². The van der Waals surface area contributed by atoms with E-state index in [4.69, 9.17) is 26.8 Å². The lowest BCUT2D eigenvalue weighted by molar-refractivity contribution is 0.0222. The molecule has 2 fully saturated rings. The summed E-state index contributed by atoms with van der Waals surface area (Å²) in [6.45, 7) is 2.83. The van der Waals surface area contributed by atoms with Gasteiger partial charge in [0.05, 0.1) is 36.6 Å². The van der Waals surface area contributed by atoms with Crippen molar-refractivity contribution >= 4 is 23.1 Å². The van der Waals surface area contributed by atoms with Crippen molar-refractivity contribution in [2.24, 2.45) is 0 Å². The van der Waals surface area contributed by atoms with Crippen LogP contribution in [-0.2, 0) is 9.47 Å². The fourth-order valence-electron chi connectivity index (χ4n) is 2.33. The van der Waals surface area contributed by atoms with Crippen LogP contribution in [0.2, 0.25) is 5.02 Å². The summed E-state index contributed by atoms with van der Waals surface area (Å²) in [7, 11) is 0. The maximum Gasteiger partial charge on any atom is 0.131 e. The molecule has 0 amide bonds. The zero-order valence-corrected chi connectivity index (χ0v) is 10.1. The van der Waals surface area contributed by atoms with Crippen LogP contribution in [0.25, 0.3) is 0 Å². The van der Waals surface area contributed by atoms with Gasteiger partial charge >= 0.3 is 0 Å². The molecule has 2 aliphatic heterocycles. The molecule has 2 unspecified atom stereocenters. The van der Waals surface area contributed by atoms with Crippen molar-refractivity contribution in [2.45, 2.75) is 12.1 Å². The molecule has 0 radical (unpaired) electrons. The second-order valence-electron chi connectivity index (χ2n) is 4.27. The summed E-state index contributed by atoms with van der Waals surface area (Å²) >= 11 is 5.88. The van der Waals surface area contributed by atoms with E-state index >= 15 is 0 Å². The number of hydrogen-bond donors (Lipinski definition) is 1.